The van der Waals surface area contributed by atoms with E-state index < -0.39 is 0 Å². The second-order valence-corrected chi connectivity index (χ2v) is 5.42. The minimum Gasteiger partial charge on any atom is -0.335 e. The first-order valence-electron chi connectivity index (χ1n) is 6.13. The molecule has 0 radical (unpaired) electrons. The van der Waals surface area contributed by atoms with E-state index in [2.05, 4.69) is 27.2 Å². The number of thiophene rings is 1. The van der Waals surface area contributed by atoms with E-state index in [0.29, 0.717) is 0 Å². The molecule has 0 bridgehead atoms. The number of aromatic nitrogens is 2. The molecule has 2 heterocycles. The van der Waals surface area contributed by atoms with Crippen molar-refractivity contribution in [2.45, 2.75) is 26.3 Å². The first-order chi connectivity index (χ1) is 9.04. The topological polar surface area (TPSA) is 59.0 Å². The number of rotatable bonds is 4. The van der Waals surface area contributed by atoms with Crippen molar-refractivity contribution in [3.8, 4) is 0 Å². The molecule has 2 N–H and O–H groups in total. The van der Waals surface area contributed by atoms with E-state index in [1.807, 2.05) is 26.3 Å². The Bertz CT molecular complexity index is 547. The first-order valence-corrected chi connectivity index (χ1v) is 7.07. The van der Waals surface area contributed by atoms with Crippen LogP contribution in [0.3, 0.4) is 0 Å². The number of nitrogens with one attached hydrogen (secondary N) is 2. The Kier molecular flexibility index (Phi) is 4.21. The third-order valence-electron chi connectivity index (χ3n) is 2.76. The van der Waals surface area contributed by atoms with Gasteiger partial charge in [0.25, 0.3) is 0 Å². The SMILES string of the molecule is Cc1nn(C)cc1NC(=O)NC(C)Cc1ccsc1. The third kappa shape index (κ3) is 3.82. The van der Waals surface area contributed by atoms with Crippen LogP contribution in [0.15, 0.2) is 23.0 Å². The molecule has 2 amide bonds. The summed E-state index contributed by atoms with van der Waals surface area (Å²) in [5.74, 6) is 0. The molecular weight excluding hydrogens is 260 g/mol. The molecule has 2 aromatic heterocycles. The van der Waals surface area contributed by atoms with Crippen LogP contribution in [0.2, 0.25) is 0 Å². The van der Waals surface area contributed by atoms with Crippen molar-refractivity contribution in [3.05, 3.63) is 34.3 Å². The fourth-order valence-corrected chi connectivity index (χ4v) is 2.60. The summed E-state index contributed by atoms with van der Waals surface area (Å²) in [4.78, 5) is 11.9. The first kappa shape index (κ1) is 13.6. The summed E-state index contributed by atoms with van der Waals surface area (Å²) in [6.45, 7) is 3.86. The molecule has 1 unspecified atom stereocenters. The maximum Gasteiger partial charge on any atom is 0.319 e. The smallest absolute Gasteiger partial charge is 0.319 e. The quantitative estimate of drug-likeness (QED) is 0.903. The number of amides is 2. The van der Waals surface area contributed by atoms with Gasteiger partial charge < -0.3 is 10.6 Å². The molecule has 0 saturated carbocycles. The molecule has 0 aliphatic heterocycles. The number of nitrogens with zero attached hydrogens (tertiary/aromatic N) is 2. The van der Waals surface area contributed by atoms with E-state index in [1.54, 1.807) is 22.2 Å². The predicted octanol–water partition coefficient (Wildman–Crippen LogP) is 2.54. The molecule has 0 saturated heterocycles. The summed E-state index contributed by atoms with van der Waals surface area (Å²) in [6.07, 6.45) is 2.63. The maximum atomic E-state index is 11.9. The molecule has 0 aromatic carbocycles. The molecule has 0 spiro atoms. The van der Waals surface area contributed by atoms with E-state index in [4.69, 9.17) is 0 Å². The van der Waals surface area contributed by atoms with Gasteiger partial charge in [0, 0.05) is 19.3 Å². The second kappa shape index (κ2) is 5.88. The summed E-state index contributed by atoms with van der Waals surface area (Å²) in [5.41, 5.74) is 2.79. The number of hydrogen-bond donors (Lipinski definition) is 2. The van der Waals surface area contributed by atoms with Crippen LogP contribution < -0.4 is 10.6 Å². The van der Waals surface area contributed by atoms with Crippen molar-refractivity contribution in [3.63, 3.8) is 0 Å². The van der Waals surface area contributed by atoms with Crippen LogP contribution in [-0.4, -0.2) is 21.9 Å². The molecule has 0 aliphatic rings. The Morgan fingerprint density at radius 2 is 2.37 bits per heavy atom. The highest BCUT2D eigenvalue weighted by Crippen LogP contribution is 2.11. The highest BCUT2D eigenvalue weighted by molar-refractivity contribution is 7.07. The lowest BCUT2D eigenvalue weighted by Crippen LogP contribution is -2.37. The summed E-state index contributed by atoms with van der Waals surface area (Å²) >= 11 is 1.67. The van der Waals surface area contributed by atoms with Gasteiger partial charge in [-0.3, -0.25) is 4.68 Å². The van der Waals surface area contributed by atoms with Crippen molar-refractivity contribution in [1.82, 2.24) is 15.1 Å². The molecular formula is C13H18N4OS. The summed E-state index contributed by atoms with van der Waals surface area (Å²) in [7, 11) is 1.83. The number of urea groups is 1. The normalized spacial score (nSPS) is 12.2. The molecule has 2 aromatic rings. The molecule has 2 rings (SSSR count). The van der Waals surface area contributed by atoms with Gasteiger partial charge in [0.2, 0.25) is 0 Å². The van der Waals surface area contributed by atoms with Gasteiger partial charge in [0.05, 0.1) is 11.4 Å². The second-order valence-electron chi connectivity index (χ2n) is 4.64. The lowest BCUT2D eigenvalue weighted by Gasteiger charge is -2.13. The van der Waals surface area contributed by atoms with Crippen LogP contribution in [0, 0.1) is 6.92 Å². The Morgan fingerprint density at radius 3 is 2.95 bits per heavy atom. The Balaban J connectivity index is 1.85. The van der Waals surface area contributed by atoms with Crippen LogP contribution in [0.1, 0.15) is 18.2 Å². The summed E-state index contributed by atoms with van der Waals surface area (Å²) < 4.78 is 1.68. The summed E-state index contributed by atoms with van der Waals surface area (Å²) in [6, 6.07) is 1.97. The van der Waals surface area contributed by atoms with Gasteiger partial charge in [-0.2, -0.15) is 16.4 Å². The number of hydrogen-bond acceptors (Lipinski definition) is 3. The van der Waals surface area contributed by atoms with Gasteiger partial charge >= 0.3 is 6.03 Å². The van der Waals surface area contributed by atoms with E-state index >= 15 is 0 Å². The van der Waals surface area contributed by atoms with Crippen LogP contribution in [0.25, 0.3) is 0 Å². The van der Waals surface area contributed by atoms with E-state index in [0.717, 1.165) is 17.8 Å². The Labute approximate surface area is 116 Å². The van der Waals surface area contributed by atoms with Crippen molar-refractivity contribution in [1.29, 1.82) is 0 Å². The van der Waals surface area contributed by atoms with Gasteiger partial charge in [-0.05, 0) is 42.7 Å². The molecule has 1 atom stereocenters. The molecule has 5 nitrogen and oxygen atoms in total. The van der Waals surface area contributed by atoms with Crippen molar-refractivity contribution in [2.24, 2.45) is 7.05 Å². The van der Waals surface area contributed by atoms with E-state index in [1.165, 1.54) is 5.56 Å². The monoisotopic (exact) mass is 278 g/mol. The van der Waals surface area contributed by atoms with Crippen LogP contribution in [-0.2, 0) is 13.5 Å². The number of anilines is 1. The van der Waals surface area contributed by atoms with E-state index in [-0.39, 0.29) is 12.1 Å². The van der Waals surface area contributed by atoms with Gasteiger partial charge in [-0.1, -0.05) is 0 Å². The average Bonchev–Trinajstić information content (AvgIpc) is 2.89. The zero-order chi connectivity index (χ0) is 13.8. The Morgan fingerprint density at radius 1 is 1.58 bits per heavy atom. The van der Waals surface area contributed by atoms with Gasteiger partial charge in [0.15, 0.2) is 0 Å². The lowest BCUT2D eigenvalue weighted by molar-refractivity contribution is 0.249. The van der Waals surface area contributed by atoms with Crippen molar-refractivity contribution in [2.75, 3.05) is 5.32 Å². The van der Waals surface area contributed by atoms with Crippen molar-refractivity contribution >= 4 is 23.1 Å². The largest absolute Gasteiger partial charge is 0.335 e. The highest BCUT2D eigenvalue weighted by atomic mass is 32.1. The fraction of sp³-hybridized carbons (Fsp3) is 0.385. The van der Waals surface area contributed by atoms with Gasteiger partial charge in [-0.25, -0.2) is 4.79 Å². The molecule has 102 valence electrons. The standard InChI is InChI=1S/C13H18N4OS/c1-9(6-11-4-5-19-8-11)14-13(18)15-12-7-17(3)16-10(12)2/h4-5,7-9H,6H2,1-3H3,(H2,14,15,18). The third-order valence-corrected chi connectivity index (χ3v) is 3.49. The van der Waals surface area contributed by atoms with Crippen LogP contribution in [0.5, 0.6) is 0 Å². The van der Waals surface area contributed by atoms with Crippen LogP contribution >= 0.6 is 11.3 Å². The Hall–Kier alpha value is -1.82. The highest BCUT2D eigenvalue weighted by Gasteiger charge is 2.11. The van der Waals surface area contributed by atoms with Gasteiger partial charge in [-0.15, -0.1) is 0 Å². The molecule has 19 heavy (non-hydrogen) atoms. The number of aryl methyl sites for hydroxylation is 2. The molecule has 6 heteroatoms. The summed E-state index contributed by atoms with van der Waals surface area (Å²) in [5, 5.41) is 14.1. The number of carbonyl (C=O) groups excluding carboxylic acids is 1. The zero-order valence-corrected chi connectivity index (χ0v) is 12.1. The minimum absolute atomic E-state index is 0.0894. The molecule has 0 aliphatic carbocycles. The van der Waals surface area contributed by atoms with E-state index in [9.17, 15) is 4.79 Å². The minimum atomic E-state index is -0.196. The lowest BCUT2D eigenvalue weighted by atomic mass is 10.1. The molecule has 0 fully saturated rings. The predicted molar refractivity (Wildman–Crippen MR) is 77.6 cm³/mol. The average molecular weight is 278 g/mol. The van der Waals surface area contributed by atoms with Crippen LogP contribution in [0.4, 0.5) is 10.5 Å². The maximum absolute atomic E-state index is 11.9. The van der Waals surface area contributed by atoms with Crippen molar-refractivity contribution < 1.29 is 4.79 Å². The van der Waals surface area contributed by atoms with Gasteiger partial charge in [0.1, 0.15) is 0 Å². The zero-order valence-electron chi connectivity index (χ0n) is 11.3. The number of carbonyl (C=O) groups is 1. The fourth-order valence-electron chi connectivity index (χ4n) is 1.92.